The SMILES string of the molecule is Cc1cc(Br)c(NC(=O)NC2(C(=O)O)CCOC2)cc1Cl. The van der Waals surface area contributed by atoms with Crippen LogP contribution in [0, 0.1) is 6.92 Å². The molecule has 1 fully saturated rings. The molecule has 0 aromatic heterocycles. The van der Waals surface area contributed by atoms with Gasteiger partial charge in [0.1, 0.15) is 0 Å². The monoisotopic (exact) mass is 376 g/mol. The molecule has 6 nitrogen and oxygen atoms in total. The fourth-order valence-corrected chi connectivity index (χ4v) is 2.72. The first-order valence-corrected chi connectivity index (χ1v) is 7.37. The van der Waals surface area contributed by atoms with Crippen LogP contribution in [0.1, 0.15) is 12.0 Å². The van der Waals surface area contributed by atoms with Gasteiger partial charge >= 0.3 is 12.0 Å². The Morgan fingerprint density at radius 3 is 2.76 bits per heavy atom. The van der Waals surface area contributed by atoms with Crippen LogP contribution in [0.5, 0.6) is 0 Å². The third-order valence-corrected chi connectivity index (χ3v) is 4.34. The number of nitrogens with one attached hydrogen (secondary N) is 2. The number of aliphatic carboxylic acids is 1. The highest BCUT2D eigenvalue weighted by Crippen LogP contribution is 2.29. The Balaban J connectivity index is 2.12. The summed E-state index contributed by atoms with van der Waals surface area (Å²) < 4.78 is 5.74. The van der Waals surface area contributed by atoms with Gasteiger partial charge in [0, 0.05) is 22.5 Å². The molecule has 1 aliphatic rings. The molecule has 0 bridgehead atoms. The number of halogens is 2. The van der Waals surface area contributed by atoms with Crippen molar-refractivity contribution < 1.29 is 19.4 Å². The number of urea groups is 1. The van der Waals surface area contributed by atoms with Crippen LogP contribution in [0.4, 0.5) is 10.5 Å². The summed E-state index contributed by atoms with van der Waals surface area (Å²) in [6.07, 6.45) is 0.228. The highest BCUT2D eigenvalue weighted by atomic mass is 79.9. The first-order valence-electron chi connectivity index (χ1n) is 6.20. The summed E-state index contributed by atoms with van der Waals surface area (Å²) in [5.41, 5.74) is -0.0614. The lowest BCUT2D eigenvalue weighted by Crippen LogP contribution is -2.56. The molecule has 1 aromatic rings. The highest BCUT2D eigenvalue weighted by molar-refractivity contribution is 9.10. The Hall–Kier alpha value is -1.31. The van der Waals surface area contributed by atoms with E-state index in [0.717, 1.165) is 5.56 Å². The lowest BCUT2D eigenvalue weighted by molar-refractivity contribution is -0.144. The molecule has 8 heteroatoms. The van der Waals surface area contributed by atoms with Crippen molar-refractivity contribution in [2.75, 3.05) is 18.5 Å². The smallest absolute Gasteiger partial charge is 0.332 e. The van der Waals surface area contributed by atoms with Crippen molar-refractivity contribution in [2.24, 2.45) is 0 Å². The topological polar surface area (TPSA) is 87.7 Å². The van der Waals surface area contributed by atoms with Gasteiger partial charge in [-0.25, -0.2) is 9.59 Å². The van der Waals surface area contributed by atoms with Crippen molar-refractivity contribution in [1.29, 1.82) is 0 Å². The van der Waals surface area contributed by atoms with Crippen LogP contribution in [0.15, 0.2) is 16.6 Å². The molecule has 1 aliphatic heterocycles. The van der Waals surface area contributed by atoms with Gasteiger partial charge in [-0.1, -0.05) is 11.6 Å². The molecule has 1 atom stereocenters. The second-order valence-electron chi connectivity index (χ2n) is 4.85. The molecule has 3 N–H and O–H groups in total. The van der Waals surface area contributed by atoms with Crippen molar-refractivity contribution in [2.45, 2.75) is 18.9 Å². The summed E-state index contributed by atoms with van der Waals surface area (Å²) in [7, 11) is 0. The third kappa shape index (κ3) is 3.48. The number of rotatable bonds is 3. The van der Waals surface area contributed by atoms with Gasteiger partial charge in [-0.05, 0) is 40.5 Å². The molecule has 0 radical (unpaired) electrons. The summed E-state index contributed by atoms with van der Waals surface area (Å²) >= 11 is 9.33. The van der Waals surface area contributed by atoms with Gasteiger partial charge in [-0.3, -0.25) is 0 Å². The predicted octanol–water partition coefficient (Wildman–Crippen LogP) is 2.78. The van der Waals surface area contributed by atoms with E-state index in [1.165, 1.54) is 0 Å². The second kappa shape index (κ2) is 6.21. The van der Waals surface area contributed by atoms with Gasteiger partial charge in [0.25, 0.3) is 0 Å². The van der Waals surface area contributed by atoms with Crippen LogP contribution in [0.25, 0.3) is 0 Å². The Kier molecular flexibility index (Phi) is 4.75. The molecular formula is C13H14BrClN2O4. The van der Waals surface area contributed by atoms with Gasteiger partial charge in [0.2, 0.25) is 0 Å². The summed E-state index contributed by atoms with van der Waals surface area (Å²) in [6, 6.07) is 2.74. The van der Waals surface area contributed by atoms with E-state index in [9.17, 15) is 14.7 Å². The number of amides is 2. The molecule has 21 heavy (non-hydrogen) atoms. The van der Waals surface area contributed by atoms with E-state index >= 15 is 0 Å². The maximum atomic E-state index is 12.0. The van der Waals surface area contributed by atoms with E-state index in [4.69, 9.17) is 16.3 Å². The minimum absolute atomic E-state index is 0.0500. The zero-order valence-corrected chi connectivity index (χ0v) is 13.5. The molecule has 114 valence electrons. The van der Waals surface area contributed by atoms with E-state index in [-0.39, 0.29) is 13.0 Å². The van der Waals surface area contributed by atoms with Gasteiger partial charge < -0.3 is 20.5 Å². The first kappa shape index (κ1) is 16.1. The lowest BCUT2D eigenvalue weighted by atomic mass is 9.99. The van der Waals surface area contributed by atoms with E-state index in [0.29, 0.717) is 21.8 Å². The van der Waals surface area contributed by atoms with Crippen LogP contribution >= 0.6 is 27.5 Å². The Labute approximate surface area is 134 Å². The number of carbonyl (C=O) groups is 2. The normalized spacial score (nSPS) is 21.1. The fraction of sp³-hybridized carbons (Fsp3) is 0.385. The minimum atomic E-state index is -1.38. The minimum Gasteiger partial charge on any atom is -0.479 e. The quantitative estimate of drug-likeness (QED) is 0.756. The Morgan fingerprint density at radius 2 is 2.19 bits per heavy atom. The van der Waals surface area contributed by atoms with Gasteiger partial charge in [0.05, 0.1) is 12.3 Å². The third-order valence-electron chi connectivity index (χ3n) is 3.28. The van der Waals surface area contributed by atoms with Crippen LogP contribution in [-0.4, -0.2) is 35.9 Å². The largest absolute Gasteiger partial charge is 0.479 e. The molecular weight excluding hydrogens is 364 g/mol. The zero-order chi connectivity index (χ0) is 15.6. The molecule has 2 rings (SSSR count). The van der Waals surface area contributed by atoms with Gasteiger partial charge in [-0.15, -0.1) is 0 Å². The highest BCUT2D eigenvalue weighted by Gasteiger charge is 2.44. The van der Waals surface area contributed by atoms with Crippen molar-refractivity contribution >= 4 is 45.2 Å². The molecule has 0 aliphatic carbocycles. The van der Waals surface area contributed by atoms with Crippen molar-refractivity contribution in [3.63, 3.8) is 0 Å². The van der Waals surface area contributed by atoms with Crippen molar-refractivity contribution in [3.8, 4) is 0 Å². The average Bonchev–Trinajstić information content (AvgIpc) is 2.85. The van der Waals surface area contributed by atoms with Crippen molar-refractivity contribution in [1.82, 2.24) is 5.32 Å². The maximum absolute atomic E-state index is 12.0. The van der Waals surface area contributed by atoms with Crippen molar-refractivity contribution in [3.05, 3.63) is 27.2 Å². The number of carbonyl (C=O) groups excluding carboxylic acids is 1. The van der Waals surface area contributed by atoms with Gasteiger partial charge in [0.15, 0.2) is 5.54 Å². The number of anilines is 1. The first-order chi connectivity index (χ1) is 9.84. The molecule has 2 amide bonds. The summed E-state index contributed by atoms with van der Waals surface area (Å²) in [4.78, 5) is 23.3. The zero-order valence-electron chi connectivity index (χ0n) is 11.2. The molecule has 1 aromatic carbocycles. The molecule has 0 saturated carbocycles. The maximum Gasteiger partial charge on any atom is 0.332 e. The molecule has 1 unspecified atom stereocenters. The summed E-state index contributed by atoms with van der Waals surface area (Å²) in [5, 5.41) is 14.8. The van der Waals surface area contributed by atoms with E-state index in [2.05, 4.69) is 26.6 Å². The molecule has 1 saturated heterocycles. The number of aryl methyl sites for hydroxylation is 1. The Morgan fingerprint density at radius 1 is 1.48 bits per heavy atom. The van der Waals surface area contributed by atoms with Crippen LogP contribution in [-0.2, 0) is 9.53 Å². The summed E-state index contributed by atoms with van der Waals surface area (Å²) in [5.74, 6) is -1.11. The average molecular weight is 378 g/mol. The number of hydrogen-bond acceptors (Lipinski definition) is 3. The molecule has 0 spiro atoms. The number of benzene rings is 1. The number of ether oxygens (including phenoxy) is 1. The standard InChI is InChI=1S/C13H14BrClN2O4/c1-7-4-8(14)10(5-9(7)15)16-12(20)17-13(11(18)19)2-3-21-6-13/h4-5H,2-3,6H2,1H3,(H,18,19)(H2,16,17,20). The fourth-order valence-electron chi connectivity index (χ4n) is 2.00. The van der Waals surface area contributed by atoms with Crippen LogP contribution in [0.2, 0.25) is 5.02 Å². The summed E-state index contributed by atoms with van der Waals surface area (Å²) in [6.45, 7) is 2.09. The Bertz CT molecular complexity index is 588. The predicted molar refractivity (Wildman–Crippen MR) is 81.8 cm³/mol. The van der Waals surface area contributed by atoms with Crippen LogP contribution in [0.3, 0.4) is 0 Å². The van der Waals surface area contributed by atoms with E-state index in [1.807, 2.05) is 6.92 Å². The van der Waals surface area contributed by atoms with Crippen LogP contribution < -0.4 is 10.6 Å². The number of carboxylic acids is 1. The van der Waals surface area contributed by atoms with Gasteiger partial charge in [-0.2, -0.15) is 0 Å². The number of hydrogen-bond donors (Lipinski definition) is 3. The van der Waals surface area contributed by atoms with E-state index in [1.54, 1.807) is 12.1 Å². The number of carboxylic acid groups (broad SMARTS) is 1. The lowest BCUT2D eigenvalue weighted by Gasteiger charge is -2.24. The van der Waals surface area contributed by atoms with E-state index < -0.39 is 17.5 Å². The molecule has 1 heterocycles. The second-order valence-corrected chi connectivity index (χ2v) is 6.11.